The third-order valence-electron chi connectivity index (χ3n) is 1.87. The summed E-state index contributed by atoms with van der Waals surface area (Å²) in [6, 6.07) is 1.24. The Balaban J connectivity index is 2.93. The second-order valence-corrected chi connectivity index (χ2v) is 4.12. The van der Waals surface area contributed by atoms with Crippen LogP contribution in [0.1, 0.15) is 38.2 Å². The molecule has 0 aliphatic heterocycles. The Morgan fingerprint density at radius 1 is 1.62 bits per heavy atom. The molecule has 0 aromatic carbocycles. The molecular formula is C9H15N3O. The van der Waals surface area contributed by atoms with E-state index in [9.17, 15) is 4.79 Å². The van der Waals surface area contributed by atoms with Crippen LogP contribution in [0.4, 0.5) is 0 Å². The van der Waals surface area contributed by atoms with E-state index in [1.54, 1.807) is 0 Å². The lowest BCUT2D eigenvalue weighted by molar-refractivity contribution is -0.109. The second kappa shape index (κ2) is 3.30. The summed E-state index contributed by atoms with van der Waals surface area (Å²) in [6.07, 6.45) is 0.694. The summed E-state index contributed by atoms with van der Waals surface area (Å²) in [4.78, 5) is 10.4. The number of carbonyl (C=O) groups is 1. The van der Waals surface area contributed by atoms with E-state index < -0.39 is 6.04 Å². The molecule has 1 unspecified atom stereocenters. The Morgan fingerprint density at radius 2 is 2.23 bits per heavy atom. The molecule has 1 aromatic rings. The Hall–Kier alpha value is -1.16. The summed E-state index contributed by atoms with van der Waals surface area (Å²) < 4.78 is 0. The zero-order chi connectivity index (χ0) is 10.1. The van der Waals surface area contributed by atoms with Crippen LogP contribution in [0, 0.1) is 0 Å². The fourth-order valence-electron chi connectivity index (χ4n) is 0.965. The topological polar surface area (TPSA) is 71.8 Å². The lowest BCUT2D eigenvalue weighted by Gasteiger charge is -2.13. The summed E-state index contributed by atoms with van der Waals surface area (Å²) in [5.41, 5.74) is 7.08. The van der Waals surface area contributed by atoms with Gasteiger partial charge in [-0.3, -0.25) is 5.10 Å². The molecule has 4 heteroatoms. The number of hydrogen-bond acceptors (Lipinski definition) is 3. The number of hydrogen-bond donors (Lipinski definition) is 2. The highest BCUT2D eigenvalue weighted by Crippen LogP contribution is 2.21. The minimum atomic E-state index is -0.594. The van der Waals surface area contributed by atoms with E-state index in [0.29, 0.717) is 12.0 Å². The van der Waals surface area contributed by atoms with Gasteiger partial charge < -0.3 is 10.5 Å². The molecule has 0 saturated carbocycles. The Labute approximate surface area is 77.5 Å². The van der Waals surface area contributed by atoms with Crippen molar-refractivity contribution in [2.24, 2.45) is 5.73 Å². The van der Waals surface area contributed by atoms with Gasteiger partial charge in [0.25, 0.3) is 0 Å². The minimum absolute atomic E-state index is 0.0165. The quantitative estimate of drug-likeness (QED) is 0.666. The van der Waals surface area contributed by atoms with Gasteiger partial charge in [-0.15, -0.1) is 0 Å². The molecule has 0 radical (unpaired) electrons. The van der Waals surface area contributed by atoms with Crippen LogP contribution < -0.4 is 5.73 Å². The van der Waals surface area contributed by atoms with Crippen molar-refractivity contribution in [1.82, 2.24) is 10.2 Å². The van der Waals surface area contributed by atoms with Gasteiger partial charge in [-0.2, -0.15) is 5.10 Å². The first kappa shape index (κ1) is 9.92. The van der Waals surface area contributed by atoms with Crippen LogP contribution in [-0.2, 0) is 10.2 Å². The maximum absolute atomic E-state index is 10.4. The molecule has 0 saturated heterocycles. The summed E-state index contributed by atoms with van der Waals surface area (Å²) in [7, 11) is 0. The number of aromatic nitrogens is 2. The van der Waals surface area contributed by atoms with E-state index in [0.717, 1.165) is 5.69 Å². The number of carbonyl (C=O) groups excluding carboxylic acids is 1. The minimum Gasteiger partial charge on any atom is -0.317 e. The molecule has 72 valence electrons. The predicted octanol–water partition coefficient (Wildman–Crippen LogP) is 0.906. The Morgan fingerprint density at radius 3 is 2.62 bits per heavy atom. The van der Waals surface area contributed by atoms with Gasteiger partial charge in [0.05, 0.1) is 11.4 Å². The van der Waals surface area contributed by atoms with Crippen LogP contribution >= 0.6 is 0 Å². The van der Waals surface area contributed by atoms with Gasteiger partial charge >= 0.3 is 0 Å². The van der Waals surface area contributed by atoms with Gasteiger partial charge in [-0.25, -0.2) is 0 Å². The smallest absolute Gasteiger partial charge is 0.142 e. The zero-order valence-electron chi connectivity index (χ0n) is 8.16. The van der Waals surface area contributed by atoms with E-state index in [2.05, 4.69) is 31.0 Å². The van der Waals surface area contributed by atoms with Crippen LogP contribution in [0.5, 0.6) is 0 Å². The van der Waals surface area contributed by atoms with Crippen molar-refractivity contribution in [1.29, 1.82) is 0 Å². The van der Waals surface area contributed by atoms with Crippen molar-refractivity contribution in [3.63, 3.8) is 0 Å². The molecule has 0 spiro atoms. The molecule has 0 bridgehead atoms. The van der Waals surface area contributed by atoms with Crippen LogP contribution in [0.3, 0.4) is 0 Å². The molecule has 0 aliphatic rings. The van der Waals surface area contributed by atoms with Gasteiger partial charge in [-0.05, 0) is 6.07 Å². The predicted molar refractivity (Wildman–Crippen MR) is 50.3 cm³/mol. The Bertz CT molecular complexity index is 298. The second-order valence-electron chi connectivity index (χ2n) is 4.12. The molecule has 1 atom stereocenters. The summed E-state index contributed by atoms with van der Waals surface area (Å²) >= 11 is 0. The van der Waals surface area contributed by atoms with Crippen molar-refractivity contribution in [2.75, 3.05) is 0 Å². The monoisotopic (exact) mass is 181 g/mol. The van der Waals surface area contributed by atoms with Gasteiger partial charge in [0.2, 0.25) is 0 Å². The van der Waals surface area contributed by atoms with Gasteiger partial charge in [-0.1, -0.05) is 20.8 Å². The number of aromatic amines is 1. The highest BCUT2D eigenvalue weighted by molar-refractivity contribution is 5.59. The number of rotatable bonds is 2. The lowest BCUT2D eigenvalue weighted by Crippen LogP contribution is -2.12. The lowest BCUT2D eigenvalue weighted by atomic mass is 9.92. The highest BCUT2D eigenvalue weighted by atomic mass is 16.1. The highest BCUT2D eigenvalue weighted by Gasteiger charge is 2.18. The van der Waals surface area contributed by atoms with Crippen LogP contribution in [0.2, 0.25) is 0 Å². The molecule has 1 rings (SSSR count). The number of nitrogens with one attached hydrogen (secondary N) is 1. The largest absolute Gasteiger partial charge is 0.317 e. The van der Waals surface area contributed by atoms with E-state index in [1.165, 1.54) is 0 Å². The molecule has 1 aromatic heterocycles. The van der Waals surface area contributed by atoms with Crippen molar-refractivity contribution in [3.8, 4) is 0 Å². The first-order valence-corrected chi connectivity index (χ1v) is 4.22. The molecule has 1 heterocycles. The normalized spacial score (nSPS) is 14.2. The van der Waals surface area contributed by atoms with Crippen molar-refractivity contribution in [2.45, 2.75) is 32.2 Å². The molecule has 13 heavy (non-hydrogen) atoms. The molecule has 4 nitrogen and oxygen atoms in total. The van der Waals surface area contributed by atoms with Gasteiger partial charge in [0, 0.05) is 5.41 Å². The Kier molecular flexibility index (Phi) is 2.52. The van der Waals surface area contributed by atoms with Crippen LogP contribution in [-0.4, -0.2) is 16.5 Å². The number of aldehydes is 1. The third-order valence-corrected chi connectivity index (χ3v) is 1.87. The summed E-state index contributed by atoms with van der Waals surface area (Å²) in [5.74, 6) is 0. The average molecular weight is 181 g/mol. The van der Waals surface area contributed by atoms with Crippen LogP contribution in [0.25, 0.3) is 0 Å². The molecular weight excluding hydrogens is 166 g/mol. The average Bonchev–Trinajstić information content (AvgIpc) is 2.50. The first-order valence-electron chi connectivity index (χ1n) is 4.22. The van der Waals surface area contributed by atoms with E-state index in [-0.39, 0.29) is 5.41 Å². The van der Waals surface area contributed by atoms with Gasteiger partial charge in [0.15, 0.2) is 0 Å². The van der Waals surface area contributed by atoms with E-state index >= 15 is 0 Å². The standard InChI is InChI=1S/C9H15N3O/c1-9(2,3)8-4-7(11-12-8)6(10)5-13/h4-6H,10H2,1-3H3,(H,11,12). The molecule has 0 fully saturated rings. The zero-order valence-corrected chi connectivity index (χ0v) is 8.16. The van der Waals surface area contributed by atoms with Crippen molar-refractivity contribution >= 4 is 6.29 Å². The summed E-state index contributed by atoms with van der Waals surface area (Å²) in [5, 5.41) is 6.85. The fourth-order valence-corrected chi connectivity index (χ4v) is 0.965. The first-order chi connectivity index (χ1) is 5.95. The number of H-pyrrole nitrogens is 1. The molecule has 3 N–H and O–H groups in total. The van der Waals surface area contributed by atoms with Crippen molar-refractivity contribution < 1.29 is 4.79 Å². The maximum atomic E-state index is 10.4. The number of nitrogens with zero attached hydrogens (tertiary/aromatic N) is 1. The number of nitrogens with two attached hydrogens (primary N) is 1. The fraction of sp³-hybridized carbons (Fsp3) is 0.556. The maximum Gasteiger partial charge on any atom is 0.142 e. The van der Waals surface area contributed by atoms with Crippen LogP contribution in [0.15, 0.2) is 6.07 Å². The van der Waals surface area contributed by atoms with Gasteiger partial charge in [0.1, 0.15) is 12.3 Å². The SMILES string of the molecule is CC(C)(C)c1cc(C(N)C=O)[nH]n1. The van der Waals surface area contributed by atoms with Crippen molar-refractivity contribution in [3.05, 3.63) is 17.5 Å². The molecule has 0 aliphatic carbocycles. The summed E-state index contributed by atoms with van der Waals surface area (Å²) in [6.45, 7) is 6.16. The molecule has 0 amide bonds. The van der Waals surface area contributed by atoms with E-state index in [4.69, 9.17) is 5.73 Å². The van der Waals surface area contributed by atoms with E-state index in [1.807, 2.05) is 6.07 Å². The third kappa shape index (κ3) is 2.15.